The van der Waals surface area contributed by atoms with Crippen LogP contribution in [-0.2, 0) is 0 Å². The molecule has 3 aromatic carbocycles. The summed E-state index contributed by atoms with van der Waals surface area (Å²) in [7, 11) is 0. The summed E-state index contributed by atoms with van der Waals surface area (Å²) < 4.78 is 0. The molecule has 1 aliphatic carbocycles. The molecular formula is C53H52N4S. The third-order valence-electron chi connectivity index (χ3n) is 9.15. The lowest BCUT2D eigenvalue weighted by Gasteiger charge is -2.28. The lowest BCUT2D eigenvalue weighted by Crippen LogP contribution is -2.31. The van der Waals surface area contributed by atoms with E-state index < -0.39 is 0 Å². The molecule has 0 spiro atoms. The molecule has 3 aromatic rings. The van der Waals surface area contributed by atoms with Gasteiger partial charge in [-0.1, -0.05) is 171 Å². The van der Waals surface area contributed by atoms with Crippen molar-refractivity contribution in [2.75, 3.05) is 17.7 Å². The molecule has 0 saturated carbocycles. The summed E-state index contributed by atoms with van der Waals surface area (Å²) in [5.74, 6) is 1.44. The Morgan fingerprint density at radius 1 is 0.879 bits per heavy atom. The van der Waals surface area contributed by atoms with E-state index in [0.717, 1.165) is 61.9 Å². The molecule has 1 aliphatic heterocycles. The molecule has 0 saturated heterocycles. The molecule has 0 amide bonds. The Bertz CT molecular complexity index is 2350. The van der Waals surface area contributed by atoms with Gasteiger partial charge in [0.2, 0.25) is 0 Å². The monoisotopic (exact) mass is 776 g/mol. The standard InChI is InChI=1S/C53H52N4S/c1-7-23-49(46-31-22-32-48(36-35-46)53-54-37-20-12-13-26-43(5)57(53)50-33-18-11-19-34-50)38-45(8-2)41(3)24-21-25-42(4)52(55-39-44-27-14-9-15-28-44)56-51(40-58-6)47-29-16-10-17-30-47/h7-35,38-40H,4-5,36-37H2,1-3,6H3/b20-12-,23-7-,25-21-,26-13-,41-24+,45-8+,49-38+,51-40+,54-53?,55-39?,56-52?. The zero-order chi connectivity index (χ0) is 41.0. The van der Waals surface area contributed by atoms with Crippen LogP contribution in [0.15, 0.2) is 255 Å². The maximum atomic E-state index is 5.07. The van der Waals surface area contributed by atoms with Crippen molar-refractivity contribution in [2.24, 2.45) is 15.0 Å². The minimum Gasteiger partial charge on any atom is -0.296 e. The molecule has 0 N–H and O–H groups in total. The lowest BCUT2D eigenvalue weighted by molar-refractivity contribution is 1.15. The van der Waals surface area contributed by atoms with E-state index in [1.165, 1.54) is 0 Å². The largest absolute Gasteiger partial charge is 0.296 e. The first-order valence-corrected chi connectivity index (χ1v) is 20.7. The lowest BCUT2D eigenvalue weighted by atomic mass is 9.97. The summed E-state index contributed by atoms with van der Waals surface area (Å²) in [5, 5.41) is 2.04. The number of rotatable bonds is 13. The molecule has 0 fully saturated rings. The number of para-hydroxylation sites is 1. The highest BCUT2D eigenvalue weighted by atomic mass is 32.2. The van der Waals surface area contributed by atoms with E-state index in [1.54, 1.807) is 11.8 Å². The summed E-state index contributed by atoms with van der Waals surface area (Å²) in [6, 6.07) is 30.5. The van der Waals surface area contributed by atoms with Crippen molar-refractivity contribution in [3.05, 3.63) is 251 Å². The van der Waals surface area contributed by atoms with Crippen molar-refractivity contribution in [2.45, 2.75) is 27.2 Å². The number of aliphatic imine (C=N–C) groups is 3. The van der Waals surface area contributed by atoms with Crippen LogP contribution in [0.4, 0.5) is 5.69 Å². The summed E-state index contributed by atoms with van der Waals surface area (Å²) in [6.07, 6.45) is 36.2. The number of thioether (sulfide) groups is 1. The second-order valence-electron chi connectivity index (χ2n) is 13.3. The molecule has 290 valence electrons. The molecular weight excluding hydrogens is 725 g/mol. The van der Waals surface area contributed by atoms with Crippen LogP contribution < -0.4 is 4.90 Å². The fraction of sp³-hybridized carbons (Fsp3) is 0.113. The maximum absolute atomic E-state index is 5.07. The van der Waals surface area contributed by atoms with Gasteiger partial charge in [-0.05, 0) is 96.6 Å². The minimum absolute atomic E-state index is 0.543. The first kappa shape index (κ1) is 42.6. The van der Waals surface area contributed by atoms with Gasteiger partial charge in [0.05, 0.1) is 12.2 Å². The third-order valence-corrected chi connectivity index (χ3v) is 9.61. The van der Waals surface area contributed by atoms with Gasteiger partial charge in [-0.3, -0.25) is 9.89 Å². The highest BCUT2D eigenvalue weighted by Crippen LogP contribution is 2.28. The quantitative estimate of drug-likeness (QED) is 0.0985. The van der Waals surface area contributed by atoms with Crippen LogP contribution in [0, 0.1) is 0 Å². The van der Waals surface area contributed by atoms with Gasteiger partial charge in [0.1, 0.15) is 5.84 Å². The Morgan fingerprint density at radius 2 is 1.60 bits per heavy atom. The van der Waals surface area contributed by atoms with Crippen molar-refractivity contribution in [1.29, 1.82) is 0 Å². The average Bonchev–Trinajstić information content (AvgIpc) is 3.46. The van der Waals surface area contributed by atoms with Gasteiger partial charge < -0.3 is 0 Å². The molecule has 0 radical (unpaired) electrons. The molecule has 0 atom stereocenters. The van der Waals surface area contributed by atoms with E-state index in [1.807, 2.05) is 115 Å². The van der Waals surface area contributed by atoms with Gasteiger partial charge in [0.15, 0.2) is 5.84 Å². The Labute approximate surface area is 350 Å². The molecule has 1 heterocycles. The fourth-order valence-electron chi connectivity index (χ4n) is 6.17. The van der Waals surface area contributed by atoms with Crippen molar-refractivity contribution in [3.63, 3.8) is 0 Å². The Morgan fingerprint density at radius 3 is 2.31 bits per heavy atom. The van der Waals surface area contributed by atoms with Gasteiger partial charge in [0, 0.05) is 28.7 Å². The first-order chi connectivity index (χ1) is 28.4. The van der Waals surface area contributed by atoms with Gasteiger partial charge in [-0.2, -0.15) is 0 Å². The van der Waals surface area contributed by atoms with Crippen molar-refractivity contribution >= 4 is 41.0 Å². The Balaban J connectivity index is 1.39. The van der Waals surface area contributed by atoms with Crippen LogP contribution in [0.5, 0.6) is 0 Å². The van der Waals surface area contributed by atoms with E-state index >= 15 is 0 Å². The number of anilines is 1. The van der Waals surface area contributed by atoms with Crippen LogP contribution in [0.25, 0.3) is 5.70 Å². The molecule has 0 unspecified atom stereocenters. The number of hydrogen-bond acceptors (Lipinski definition) is 4. The zero-order valence-corrected chi connectivity index (χ0v) is 34.8. The van der Waals surface area contributed by atoms with Crippen LogP contribution >= 0.6 is 11.8 Å². The summed E-state index contributed by atoms with van der Waals surface area (Å²) in [4.78, 5) is 17.0. The molecule has 0 aromatic heterocycles. The molecule has 58 heavy (non-hydrogen) atoms. The van der Waals surface area contributed by atoms with Crippen molar-refractivity contribution < 1.29 is 0 Å². The van der Waals surface area contributed by atoms with E-state index in [4.69, 9.17) is 15.0 Å². The predicted octanol–water partition coefficient (Wildman–Crippen LogP) is 13.7. The minimum atomic E-state index is 0.543. The van der Waals surface area contributed by atoms with Gasteiger partial charge in [-0.25, -0.2) is 9.98 Å². The van der Waals surface area contributed by atoms with Crippen LogP contribution in [0.3, 0.4) is 0 Å². The van der Waals surface area contributed by atoms with Gasteiger partial charge >= 0.3 is 0 Å². The second-order valence-corrected chi connectivity index (χ2v) is 14.0. The molecule has 2 aliphatic rings. The topological polar surface area (TPSA) is 40.3 Å². The van der Waals surface area contributed by atoms with E-state index in [-0.39, 0.29) is 0 Å². The first-order valence-electron chi connectivity index (χ1n) is 19.4. The highest BCUT2D eigenvalue weighted by Gasteiger charge is 2.20. The number of allylic oxidation sites excluding steroid dienone is 17. The van der Waals surface area contributed by atoms with E-state index in [2.05, 4.69) is 124 Å². The summed E-state index contributed by atoms with van der Waals surface area (Å²) >= 11 is 1.61. The zero-order valence-electron chi connectivity index (χ0n) is 34.0. The van der Waals surface area contributed by atoms with E-state index in [9.17, 15) is 0 Å². The number of amidine groups is 2. The number of nitrogens with zero attached hydrogens (tertiary/aromatic N) is 4. The molecule has 4 nitrogen and oxygen atoms in total. The molecule has 0 bridgehead atoms. The molecule has 5 heteroatoms. The van der Waals surface area contributed by atoms with E-state index in [0.29, 0.717) is 24.4 Å². The fourth-order valence-corrected chi connectivity index (χ4v) is 6.58. The predicted molar refractivity (Wildman–Crippen MR) is 257 cm³/mol. The Hall–Kier alpha value is -6.56. The second kappa shape index (κ2) is 22.9. The van der Waals surface area contributed by atoms with Crippen LogP contribution in [0.1, 0.15) is 38.3 Å². The normalized spacial score (nSPS) is 17.4. The van der Waals surface area contributed by atoms with Gasteiger partial charge in [0.25, 0.3) is 0 Å². The van der Waals surface area contributed by atoms with Crippen LogP contribution in [-0.4, -0.2) is 30.7 Å². The van der Waals surface area contributed by atoms with Crippen LogP contribution in [0.2, 0.25) is 0 Å². The summed E-state index contributed by atoms with van der Waals surface area (Å²) in [5.41, 5.74) is 11.0. The van der Waals surface area contributed by atoms with Gasteiger partial charge in [-0.15, -0.1) is 11.8 Å². The number of hydrogen-bond donors (Lipinski definition) is 0. The third kappa shape index (κ3) is 12.5. The van der Waals surface area contributed by atoms with Crippen molar-refractivity contribution in [3.8, 4) is 0 Å². The highest BCUT2D eigenvalue weighted by molar-refractivity contribution is 8.01. The average molecular weight is 777 g/mol. The molecule has 5 rings (SSSR count). The SMILES string of the molecule is C=C(\C=C/C=C(C)/C(/C=C(\C=C/C)C1=CCC(C2=NC/C=C\C=C/C(=C)N2c2ccccc2)=CC=C1)=C/C)C(N=Cc1ccccc1)=N/C(=C/SC)c1ccccc1. The summed E-state index contributed by atoms with van der Waals surface area (Å²) in [6.45, 7) is 15.6. The maximum Gasteiger partial charge on any atom is 0.159 e. The number of benzene rings is 3. The Kier molecular flexibility index (Phi) is 16.8. The van der Waals surface area contributed by atoms with Crippen molar-refractivity contribution in [1.82, 2.24) is 0 Å². The smallest absolute Gasteiger partial charge is 0.159 e.